The summed E-state index contributed by atoms with van der Waals surface area (Å²) in [7, 11) is 5.43. The molecule has 2 aromatic rings. The van der Waals surface area contributed by atoms with Gasteiger partial charge >= 0.3 is 5.97 Å². The smallest absolute Gasteiger partial charge is 0.306 e. The molecule has 10 rings (SSSR count). The maximum atomic E-state index is 13.8. The Morgan fingerprint density at radius 3 is 2.64 bits per heavy atom. The summed E-state index contributed by atoms with van der Waals surface area (Å²) in [6, 6.07) is 4.04. The van der Waals surface area contributed by atoms with Crippen LogP contribution >= 0.6 is 21.6 Å². The van der Waals surface area contributed by atoms with E-state index in [9.17, 15) is 45.6 Å². The monoisotopic (exact) mass is 1090 g/mol. The van der Waals surface area contributed by atoms with Gasteiger partial charge in [-0.1, -0.05) is 53.5 Å². The fourth-order valence-corrected chi connectivity index (χ4v) is 20.9. The first kappa shape index (κ1) is 56.1. The molecule has 1 aromatic carbocycles. The summed E-state index contributed by atoms with van der Waals surface area (Å²) in [5, 5.41) is 106. The van der Waals surface area contributed by atoms with Crippen molar-refractivity contribution in [2.75, 3.05) is 45.8 Å². The highest BCUT2D eigenvalue weighted by Gasteiger charge is 2.78. The molecular weight excluding hydrogens is 1000 g/mol. The summed E-state index contributed by atoms with van der Waals surface area (Å²) in [4.78, 5) is 13.0. The van der Waals surface area contributed by atoms with Gasteiger partial charge in [-0.3, -0.25) is 4.79 Å². The van der Waals surface area contributed by atoms with E-state index in [1.165, 1.54) is 12.8 Å². The first-order valence-electron chi connectivity index (χ1n) is 28.6. The Morgan fingerprint density at radius 1 is 1.01 bits per heavy atom. The van der Waals surface area contributed by atoms with Crippen LogP contribution in [0.4, 0.5) is 0 Å². The number of nitrogens with one attached hydrogen (secondary N) is 2. The van der Waals surface area contributed by atoms with E-state index in [1.807, 2.05) is 6.07 Å². The minimum absolute atomic E-state index is 0.000306. The van der Waals surface area contributed by atoms with Gasteiger partial charge in [0.1, 0.15) is 23.9 Å². The van der Waals surface area contributed by atoms with E-state index >= 15 is 0 Å². The number of hydrogen-bond acceptors (Lipinski definition) is 18. The van der Waals surface area contributed by atoms with Gasteiger partial charge in [0.05, 0.1) is 31.2 Å². The molecule has 75 heavy (non-hydrogen) atoms. The lowest BCUT2D eigenvalue weighted by Crippen LogP contribution is -2.86. The van der Waals surface area contributed by atoms with Crippen LogP contribution in [0.2, 0.25) is 0 Å². The van der Waals surface area contributed by atoms with Crippen molar-refractivity contribution < 1.29 is 69.0 Å². The lowest BCUT2D eigenvalue weighted by molar-refractivity contribution is -0.424. The van der Waals surface area contributed by atoms with Gasteiger partial charge in [-0.15, -0.1) is 0 Å². The Bertz CT molecular complexity index is 2330. The van der Waals surface area contributed by atoms with Crippen LogP contribution in [-0.2, 0) is 20.7 Å². The number of aliphatic hydroxyl groups is 8. The predicted molar refractivity (Wildman–Crippen MR) is 286 cm³/mol. The third-order valence-electron chi connectivity index (χ3n) is 20.3. The van der Waals surface area contributed by atoms with Gasteiger partial charge in [0, 0.05) is 66.0 Å². The molecule has 5 bridgehead atoms. The molecule has 3 aliphatic heterocycles. The van der Waals surface area contributed by atoms with Gasteiger partial charge in [-0.05, 0) is 163 Å². The van der Waals surface area contributed by atoms with Crippen molar-refractivity contribution in [2.45, 2.75) is 194 Å². The first-order chi connectivity index (χ1) is 36.1. The number of aliphatic hydroxyl groups excluding tert-OH is 6. The van der Waals surface area contributed by atoms with Crippen molar-refractivity contribution >= 4 is 38.5 Å². The summed E-state index contributed by atoms with van der Waals surface area (Å²) in [6.07, 6.45) is 10.1. The van der Waals surface area contributed by atoms with Crippen LogP contribution in [0.15, 0.2) is 35.0 Å². The average Bonchev–Trinajstić information content (AvgIpc) is 4.22. The summed E-state index contributed by atoms with van der Waals surface area (Å²) >= 11 is 0. The molecule has 6 fully saturated rings. The summed E-state index contributed by atoms with van der Waals surface area (Å²) in [5.41, 5.74) is -5.92. The van der Waals surface area contributed by atoms with Crippen LogP contribution in [0.25, 0.3) is 11.0 Å². The molecule has 3 spiro atoms. The normalized spacial score (nSPS) is 43.2. The van der Waals surface area contributed by atoms with Gasteiger partial charge < -0.3 is 74.9 Å². The number of carbonyl (C=O) groups excluding carboxylic acids is 1. The highest BCUT2D eigenvalue weighted by Crippen LogP contribution is 2.71. The fraction of sp³-hybridized carbons (Fsp3) is 0.807. The van der Waals surface area contributed by atoms with Crippen LogP contribution in [0.5, 0.6) is 11.5 Å². The molecule has 4 saturated carbocycles. The van der Waals surface area contributed by atoms with Crippen molar-refractivity contribution in [2.24, 2.45) is 46.8 Å². The molecule has 0 amide bonds. The number of fused-ring (bicyclic) bond motifs is 12. The predicted octanol–water partition coefficient (Wildman–Crippen LogP) is 5.55. The number of esters is 1. The summed E-state index contributed by atoms with van der Waals surface area (Å²) < 4.78 is 32.5. The van der Waals surface area contributed by atoms with Gasteiger partial charge in [-0.2, -0.15) is 0 Å². The highest BCUT2D eigenvalue weighted by molar-refractivity contribution is 8.77. The quantitative estimate of drug-likeness (QED) is 0.0711. The molecule has 10 N–H and O–H groups in total. The maximum Gasteiger partial charge on any atom is 0.306 e. The Labute approximate surface area is 450 Å². The van der Waals surface area contributed by atoms with Gasteiger partial charge in [-0.25, -0.2) is 0 Å². The molecule has 5 aliphatic carbocycles. The van der Waals surface area contributed by atoms with Crippen molar-refractivity contribution in [3.05, 3.63) is 36.1 Å². The molecule has 0 radical (unpaired) electrons. The second kappa shape index (κ2) is 22.8. The molecule has 8 aliphatic rings. The maximum absolute atomic E-state index is 13.8. The molecule has 19 unspecified atom stereocenters. The number of hydrogen-bond donors (Lipinski definition) is 10. The molecule has 4 heterocycles. The van der Waals surface area contributed by atoms with Crippen LogP contribution in [0.1, 0.15) is 129 Å². The molecule has 420 valence electrons. The van der Waals surface area contributed by atoms with Gasteiger partial charge in [0.15, 0.2) is 16.9 Å². The zero-order valence-corrected chi connectivity index (χ0v) is 45.9. The third kappa shape index (κ3) is 9.82. The number of benzene rings is 1. The van der Waals surface area contributed by atoms with E-state index in [2.05, 4.69) is 24.6 Å². The summed E-state index contributed by atoms with van der Waals surface area (Å²) in [5.74, 6) is -1.39. The highest BCUT2D eigenvalue weighted by atomic mass is 33.1. The van der Waals surface area contributed by atoms with Crippen molar-refractivity contribution in [1.82, 2.24) is 10.6 Å². The molecule has 1 aromatic heterocycles. The van der Waals surface area contributed by atoms with Crippen molar-refractivity contribution in [3.8, 4) is 11.5 Å². The number of ether oxygens (including phenoxy) is 4. The largest absolute Gasteiger partial charge is 0.485 e. The Balaban J connectivity index is 1.15. The SMILES string of the molecule is CCOC(=O)CCc1cc2ccoc2c2c1OC1OC3(CSSC4(CCC5(CC6CCC(NC)C6C5)C4CCC(O)CCCO)C(CCC(C)CCCC3O)NCCO2)C2(O)CC3C=CC(O)C(CO)C3C1(O)C2O. The van der Waals surface area contributed by atoms with Gasteiger partial charge in [0.25, 0.3) is 0 Å². The molecular formula is C57H86N2O14S2. The topological polar surface area (TPSA) is 253 Å². The van der Waals surface area contributed by atoms with E-state index in [0.29, 0.717) is 66.6 Å². The van der Waals surface area contributed by atoms with Crippen molar-refractivity contribution in [3.63, 3.8) is 0 Å². The molecule has 2 saturated heterocycles. The zero-order valence-electron chi connectivity index (χ0n) is 44.3. The Morgan fingerprint density at radius 2 is 1.85 bits per heavy atom. The lowest BCUT2D eigenvalue weighted by Gasteiger charge is -2.67. The molecule has 19 atom stereocenters. The number of furan rings is 1. The van der Waals surface area contributed by atoms with E-state index in [1.54, 1.807) is 53.0 Å². The zero-order chi connectivity index (χ0) is 52.9. The third-order valence-corrected chi connectivity index (χ3v) is 23.7. The second-order valence-corrected chi connectivity index (χ2v) is 26.9. The van der Waals surface area contributed by atoms with Crippen LogP contribution in [-0.4, -0.2) is 157 Å². The fourth-order valence-electron chi connectivity index (χ4n) is 16.7. The van der Waals surface area contributed by atoms with Crippen LogP contribution in [0.3, 0.4) is 0 Å². The minimum Gasteiger partial charge on any atom is -0.485 e. The molecule has 18 heteroatoms. The van der Waals surface area contributed by atoms with E-state index < -0.39 is 82.6 Å². The van der Waals surface area contributed by atoms with Crippen LogP contribution in [0, 0.1) is 46.8 Å². The van der Waals surface area contributed by atoms with Crippen molar-refractivity contribution in [1.29, 1.82) is 0 Å². The number of carbonyl (C=O) groups is 1. The van der Waals surface area contributed by atoms with E-state index in [-0.39, 0.29) is 86.0 Å². The first-order valence-corrected chi connectivity index (χ1v) is 30.9. The number of rotatable bonds is 12. The lowest BCUT2D eigenvalue weighted by atomic mass is 9.50. The Kier molecular flexibility index (Phi) is 17.0. The number of allylic oxidation sites excluding steroid dienone is 1. The molecule has 16 nitrogen and oxygen atoms in total. The van der Waals surface area contributed by atoms with Gasteiger partial charge in [0.2, 0.25) is 12.0 Å². The summed E-state index contributed by atoms with van der Waals surface area (Å²) in [6.45, 7) is 4.26. The van der Waals surface area contributed by atoms with E-state index in [4.69, 9.17) is 23.4 Å². The van der Waals surface area contributed by atoms with Crippen LogP contribution < -0.4 is 20.1 Å². The van der Waals surface area contributed by atoms with E-state index in [0.717, 1.165) is 51.4 Å². The standard InChI is InChI=1S/C57H86N2O14S2/c1-4-69-46(65)19-13-34-27-35-20-25-70-48(35)50-49(34)72-52-57(68)47-37(12-16-42(63)40(47)31-61)29-55(67,51(57)66)56(73-52)32-74-75-54(44(59-23-26-71-50)18-10-33(2)7-5-9-45(56)64)22-21-53(43(54)17-14-38(62)8-6-24-60)28-36-11-15-41(58-3)39(36)30-53/h12,16,20,25,27,33,36-45,47,51-52,58-64,66-68H,4-11,13-15,17-19,21-24,26,28-32H2,1-3H3. The second-order valence-electron chi connectivity index (χ2n) is 24.2. The number of aryl methyl sites for hydroxylation is 1. The Hall–Kier alpha value is -2.17. The average molecular weight is 1090 g/mol. The minimum atomic E-state index is -2.50.